The van der Waals surface area contributed by atoms with Crippen LogP contribution in [-0.2, 0) is 20.7 Å². The fourth-order valence-electron chi connectivity index (χ4n) is 3.07. The number of thiazole rings is 1. The molecule has 6 N–H and O–H groups in total. The molecule has 0 spiro atoms. The third kappa shape index (κ3) is 9.40. The van der Waals surface area contributed by atoms with Gasteiger partial charge in [0.25, 0.3) is 0 Å². The van der Waals surface area contributed by atoms with Crippen molar-refractivity contribution in [3.05, 3.63) is 40.9 Å². The summed E-state index contributed by atoms with van der Waals surface area (Å²) in [6, 6.07) is 3.46. The first-order chi connectivity index (χ1) is 17.3. The molecule has 13 nitrogen and oxygen atoms in total. The quantitative estimate of drug-likeness (QED) is 0.265. The number of nitrogens with two attached hydrogens (primary N) is 1. The van der Waals surface area contributed by atoms with Crippen molar-refractivity contribution in [2.45, 2.75) is 51.3 Å². The summed E-state index contributed by atoms with van der Waals surface area (Å²) in [4.78, 5) is 65.2. The number of aldehydes is 1. The number of ether oxygens (including phenoxy) is 1. The van der Waals surface area contributed by atoms with Crippen LogP contribution in [0.15, 0.2) is 30.5 Å². The first-order valence-electron chi connectivity index (χ1n) is 11.1. The maximum atomic E-state index is 13.1. The Hall–Kier alpha value is -4.20. The zero-order chi connectivity index (χ0) is 27.8. The van der Waals surface area contributed by atoms with Gasteiger partial charge < -0.3 is 31.3 Å². The highest BCUT2D eigenvalue weighted by atomic mass is 32.1. The number of hydrogen-bond donors (Lipinski definition) is 5. The first kappa shape index (κ1) is 29.0. The van der Waals surface area contributed by atoms with E-state index in [-0.39, 0.29) is 35.1 Å². The van der Waals surface area contributed by atoms with E-state index in [9.17, 15) is 34.2 Å². The molecule has 0 saturated heterocycles. The van der Waals surface area contributed by atoms with E-state index in [1.165, 1.54) is 18.3 Å². The number of amides is 4. The van der Waals surface area contributed by atoms with Gasteiger partial charge in [0.2, 0.25) is 11.8 Å². The molecule has 37 heavy (non-hydrogen) atoms. The van der Waals surface area contributed by atoms with Crippen molar-refractivity contribution in [1.82, 2.24) is 15.6 Å². The highest BCUT2D eigenvalue weighted by Gasteiger charge is 2.29. The van der Waals surface area contributed by atoms with E-state index in [2.05, 4.69) is 15.6 Å². The Morgan fingerprint density at radius 3 is 2.32 bits per heavy atom. The summed E-state index contributed by atoms with van der Waals surface area (Å²) >= 11 is 0.842. The lowest BCUT2D eigenvalue weighted by Crippen LogP contribution is -2.55. The number of alkyl carbamates (subject to hydrolysis) is 1. The van der Waals surface area contributed by atoms with E-state index >= 15 is 0 Å². The number of aromatic hydroxyl groups is 1. The third-order valence-electron chi connectivity index (χ3n) is 4.77. The predicted octanol–water partition coefficient (Wildman–Crippen LogP) is 1.64. The number of phenols is 1. The topological polar surface area (TPSA) is 201 Å². The molecule has 0 aliphatic carbocycles. The van der Waals surface area contributed by atoms with Gasteiger partial charge >= 0.3 is 12.2 Å². The Bertz CT molecular complexity index is 1130. The number of benzene rings is 1. The maximum Gasteiger partial charge on any atom is 0.413 e. The van der Waals surface area contributed by atoms with Crippen LogP contribution < -0.4 is 21.3 Å². The Labute approximate surface area is 216 Å². The van der Waals surface area contributed by atoms with Crippen molar-refractivity contribution in [2.75, 3.05) is 11.4 Å². The number of carbonyl (C=O) groups excluding carboxylic acids is 4. The van der Waals surface area contributed by atoms with E-state index in [4.69, 9.17) is 10.5 Å². The SMILES string of the molecule is CC(C)(C)OC(=O)NC(CCN(C(=O)O)c1ncc(C=O)s1)C(=O)NC(Cc1ccc(O)cc1)C(N)=O. The first-order valence-corrected chi connectivity index (χ1v) is 11.9. The smallest absolute Gasteiger partial charge is 0.413 e. The minimum atomic E-state index is -1.38. The van der Waals surface area contributed by atoms with Gasteiger partial charge in [-0.2, -0.15) is 0 Å². The molecule has 2 unspecified atom stereocenters. The molecular weight excluding hydrogens is 506 g/mol. The van der Waals surface area contributed by atoms with Gasteiger partial charge in [-0.3, -0.25) is 19.3 Å². The lowest BCUT2D eigenvalue weighted by molar-refractivity contribution is -0.128. The molecule has 4 amide bonds. The van der Waals surface area contributed by atoms with Crippen LogP contribution in [0.25, 0.3) is 0 Å². The van der Waals surface area contributed by atoms with Crippen LogP contribution in [0.2, 0.25) is 0 Å². The second-order valence-corrected chi connectivity index (χ2v) is 9.96. The maximum absolute atomic E-state index is 13.1. The molecule has 0 aliphatic rings. The number of nitrogens with one attached hydrogen (secondary N) is 2. The number of phenolic OH excluding ortho intramolecular Hbond substituents is 1. The Balaban J connectivity index is 2.21. The van der Waals surface area contributed by atoms with Crippen LogP contribution >= 0.6 is 11.3 Å². The van der Waals surface area contributed by atoms with Gasteiger partial charge in [-0.25, -0.2) is 14.6 Å². The van der Waals surface area contributed by atoms with Crippen molar-refractivity contribution in [1.29, 1.82) is 0 Å². The molecule has 2 rings (SSSR count). The summed E-state index contributed by atoms with van der Waals surface area (Å²) < 4.78 is 5.21. The molecule has 2 aromatic rings. The fraction of sp³-hybridized carbons (Fsp3) is 0.391. The molecule has 1 heterocycles. The highest BCUT2D eigenvalue weighted by Crippen LogP contribution is 2.22. The van der Waals surface area contributed by atoms with Crippen molar-refractivity contribution in [2.24, 2.45) is 5.73 Å². The number of carbonyl (C=O) groups is 5. The lowest BCUT2D eigenvalue weighted by Gasteiger charge is -2.26. The molecule has 200 valence electrons. The van der Waals surface area contributed by atoms with Crippen LogP contribution in [0.3, 0.4) is 0 Å². The molecule has 2 atom stereocenters. The van der Waals surface area contributed by atoms with Gasteiger partial charge in [0.1, 0.15) is 23.4 Å². The predicted molar refractivity (Wildman–Crippen MR) is 134 cm³/mol. The number of primary amides is 1. The third-order valence-corrected chi connectivity index (χ3v) is 5.72. The van der Waals surface area contributed by atoms with Gasteiger partial charge in [-0.1, -0.05) is 23.5 Å². The van der Waals surface area contributed by atoms with Gasteiger partial charge in [-0.15, -0.1) is 0 Å². The van der Waals surface area contributed by atoms with Crippen molar-refractivity contribution in [3.8, 4) is 5.75 Å². The summed E-state index contributed by atoms with van der Waals surface area (Å²) in [5, 5.41) is 23.9. The average Bonchev–Trinajstić information content (AvgIpc) is 3.26. The van der Waals surface area contributed by atoms with E-state index in [1.807, 2.05) is 0 Å². The second-order valence-electron chi connectivity index (χ2n) is 8.92. The summed E-state index contributed by atoms with van der Waals surface area (Å²) in [5.41, 5.74) is 5.19. The van der Waals surface area contributed by atoms with E-state index in [0.717, 1.165) is 16.2 Å². The molecule has 14 heteroatoms. The van der Waals surface area contributed by atoms with Gasteiger partial charge in [0.05, 0.1) is 11.1 Å². The van der Waals surface area contributed by atoms with Crippen LogP contribution in [0, 0.1) is 0 Å². The standard InChI is InChI=1S/C23H29N5O8S/c1-23(2,3)36-21(33)27-16(8-9-28(22(34)35)20-25-11-15(12-29)37-20)19(32)26-17(18(24)31)10-13-4-6-14(30)7-5-13/h4-7,11-12,16-17,30H,8-10H2,1-3H3,(H2,24,31)(H,26,32)(H,27,33)(H,34,35). The van der Waals surface area contributed by atoms with Gasteiger partial charge in [0, 0.05) is 13.0 Å². The summed E-state index contributed by atoms with van der Waals surface area (Å²) in [6.45, 7) is 4.60. The van der Waals surface area contributed by atoms with Crippen LogP contribution in [0.1, 0.15) is 42.4 Å². The van der Waals surface area contributed by atoms with Crippen LogP contribution in [0.4, 0.5) is 14.7 Å². The number of anilines is 1. The van der Waals surface area contributed by atoms with Crippen molar-refractivity contribution >= 4 is 46.8 Å². The minimum absolute atomic E-state index is 0.00775. The Morgan fingerprint density at radius 1 is 1.16 bits per heavy atom. The normalized spacial score (nSPS) is 12.6. The number of rotatable bonds is 11. The highest BCUT2D eigenvalue weighted by molar-refractivity contribution is 7.17. The Morgan fingerprint density at radius 2 is 1.81 bits per heavy atom. The Kier molecular flexibility index (Phi) is 9.94. The number of aromatic nitrogens is 1. The number of carboxylic acid groups (broad SMARTS) is 1. The zero-order valence-corrected chi connectivity index (χ0v) is 21.3. The van der Waals surface area contributed by atoms with E-state index in [0.29, 0.717) is 11.8 Å². The second kappa shape index (κ2) is 12.7. The van der Waals surface area contributed by atoms with E-state index in [1.54, 1.807) is 32.9 Å². The number of hydrogen-bond acceptors (Lipinski definition) is 9. The van der Waals surface area contributed by atoms with Crippen molar-refractivity contribution < 1.29 is 38.9 Å². The molecule has 0 aliphatic heterocycles. The largest absolute Gasteiger partial charge is 0.508 e. The zero-order valence-electron chi connectivity index (χ0n) is 20.5. The molecule has 0 radical (unpaired) electrons. The molecule has 0 fully saturated rings. The average molecular weight is 536 g/mol. The van der Waals surface area contributed by atoms with Crippen LogP contribution in [0.5, 0.6) is 5.75 Å². The summed E-state index contributed by atoms with van der Waals surface area (Å²) in [6.07, 6.45) is -0.786. The number of nitrogens with zero attached hydrogens (tertiary/aromatic N) is 2. The van der Waals surface area contributed by atoms with Crippen molar-refractivity contribution in [3.63, 3.8) is 0 Å². The molecule has 0 saturated carbocycles. The summed E-state index contributed by atoms with van der Waals surface area (Å²) in [5.74, 6) is -1.62. The monoisotopic (exact) mass is 535 g/mol. The molecule has 1 aromatic heterocycles. The summed E-state index contributed by atoms with van der Waals surface area (Å²) in [7, 11) is 0. The van der Waals surface area contributed by atoms with Gasteiger partial charge in [0.15, 0.2) is 11.4 Å². The molecule has 0 bridgehead atoms. The molecular formula is C23H29N5O8S. The lowest BCUT2D eigenvalue weighted by atomic mass is 10.0. The van der Waals surface area contributed by atoms with Gasteiger partial charge in [-0.05, 0) is 44.9 Å². The molecule has 1 aromatic carbocycles. The fourth-order valence-corrected chi connectivity index (χ4v) is 3.82. The minimum Gasteiger partial charge on any atom is -0.508 e. The van der Waals surface area contributed by atoms with Crippen LogP contribution in [-0.4, -0.2) is 69.7 Å². The van der Waals surface area contributed by atoms with E-state index < -0.39 is 41.7 Å².